The highest BCUT2D eigenvalue weighted by molar-refractivity contribution is 4.82. The van der Waals surface area contributed by atoms with Gasteiger partial charge in [0.1, 0.15) is 0 Å². The Labute approximate surface area is 105 Å². The summed E-state index contributed by atoms with van der Waals surface area (Å²) in [5.41, 5.74) is 0.578. The van der Waals surface area contributed by atoms with E-state index in [0.717, 1.165) is 19.1 Å². The van der Waals surface area contributed by atoms with Crippen LogP contribution in [0.3, 0.4) is 0 Å². The predicted molar refractivity (Wildman–Crippen MR) is 70.9 cm³/mol. The molecule has 3 nitrogen and oxygen atoms in total. The maximum atomic E-state index is 4.05. The quantitative estimate of drug-likeness (QED) is 0.795. The number of hydrogen-bond donors (Lipinski definition) is 1. The summed E-state index contributed by atoms with van der Waals surface area (Å²) in [6.45, 7) is 6.99. The van der Waals surface area contributed by atoms with Crippen LogP contribution in [-0.4, -0.2) is 22.1 Å². The molecule has 17 heavy (non-hydrogen) atoms. The molecular weight excluding hydrogens is 210 g/mol. The fourth-order valence-electron chi connectivity index (χ4n) is 2.59. The van der Waals surface area contributed by atoms with Crippen LogP contribution in [0.4, 0.5) is 0 Å². The van der Waals surface area contributed by atoms with E-state index in [9.17, 15) is 0 Å². The van der Waals surface area contributed by atoms with Gasteiger partial charge in [-0.2, -0.15) is 0 Å². The topological polar surface area (TPSA) is 29.9 Å². The minimum Gasteiger partial charge on any atom is -0.337 e. The van der Waals surface area contributed by atoms with Crippen LogP contribution in [-0.2, 0) is 6.54 Å². The van der Waals surface area contributed by atoms with E-state index < -0.39 is 0 Å². The van der Waals surface area contributed by atoms with Gasteiger partial charge in [-0.15, -0.1) is 0 Å². The average Bonchev–Trinajstić information content (AvgIpc) is 2.79. The van der Waals surface area contributed by atoms with E-state index in [1.54, 1.807) is 0 Å². The van der Waals surface area contributed by atoms with Gasteiger partial charge in [0, 0.05) is 25.0 Å². The molecule has 0 atom stereocenters. The largest absolute Gasteiger partial charge is 0.337 e. The SMILES string of the molecule is CC1(C)CCC(NCCCn2ccnc2)CC1. The molecule has 1 aliphatic rings. The molecule has 0 aliphatic heterocycles. The van der Waals surface area contributed by atoms with Gasteiger partial charge in [0.2, 0.25) is 0 Å². The van der Waals surface area contributed by atoms with Crippen molar-refractivity contribution in [3.8, 4) is 0 Å². The Balaban J connectivity index is 1.57. The number of nitrogens with zero attached hydrogens (tertiary/aromatic N) is 2. The molecule has 0 amide bonds. The molecule has 1 fully saturated rings. The van der Waals surface area contributed by atoms with Crippen LogP contribution in [0, 0.1) is 5.41 Å². The van der Waals surface area contributed by atoms with E-state index >= 15 is 0 Å². The van der Waals surface area contributed by atoms with E-state index in [0.29, 0.717) is 5.41 Å². The fourth-order valence-corrected chi connectivity index (χ4v) is 2.59. The van der Waals surface area contributed by atoms with Gasteiger partial charge in [0.25, 0.3) is 0 Å². The number of aromatic nitrogens is 2. The molecule has 1 heterocycles. The van der Waals surface area contributed by atoms with Crippen molar-refractivity contribution in [2.75, 3.05) is 6.54 Å². The molecule has 0 aromatic carbocycles. The zero-order valence-electron chi connectivity index (χ0n) is 11.2. The van der Waals surface area contributed by atoms with Gasteiger partial charge < -0.3 is 9.88 Å². The minimum atomic E-state index is 0.578. The standard InChI is InChI=1S/C14H25N3/c1-14(2)6-4-13(5-7-14)16-8-3-10-17-11-9-15-12-17/h9,11-13,16H,3-8,10H2,1-2H3. The molecule has 3 heteroatoms. The molecule has 1 N–H and O–H groups in total. The Morgan fingerprint density at radius 3 is 2.76 bits per heavy atom. The lowest BCUT2D eigenvalue weighted by atomic mass is 9.75. The first kappa shape index (κ1) is 12.6. The van der Waals surface area contributed by atoms with Gasteiger partial charge in [0.15, 0.2) is 0 Å². The summed E-state index contributed by atoms with van der Waals surface area (Å²) >= 11 is 0. The van der Waals surface area contributed by atoms with Gasteiger partial charge in [0.05, 0.1) is 6.33 Å². The summed E-state index contributed by atoms with van der Waals surface area (Å²) in [7, 11) is 0. The molecular formula is C14H25N3. The highest BCUT2D eigenvalue weighted by atomic mass is 15.0. The van der Waals surface area contributed by atoms with Gasteiger partial charge in [-0.1, -0.05) is 13.8 Å². The fraction of sp³-hybridized carbons (Fsp3) is 0.786. The number of hydrogen-bond acceptors (Lipinski definition) is 2. The Morgan fingerprint density at radius 1 is 1.35 bits per heavy atom. The lowest BCUT2D eigenvalue weighted by Gasteiger charge is -2.34. The predicted octanol–water partition coefficient (Wildman–Crippen LogP) is 2.83. The number of nitrogens with one attached hydrogen (secondary N) is 1. The average molecular weight is 235 g/mol. The van der Waals surface area contributed by atoms with Crippen LogP contribution < -0.4 is 5.32 Å². The minimum absolute atomic E-state index is 0.578. The van der Waals surface area contributed by atoms with Gasteiger partial charge in [-0.05, 0) is 44.1 Å². The summed E-state index contributed by atoms with van der Waals surface area (Å²) in [5.74, 6) is 0. The molecule has 96 valence electrons. The molecule has 0 spiro atoms. The van der Waals surface area contributed by atoms with E-state index in [-0.39, 0.29) is 0 Å². The first-order valence-corrected chi connectivity index (χ1v) is 6.85. The van der Waals surface area contributed by atoms with Gasteiger partial charge in [-0.25, -0.2) is 4.98 Å². The van der Waals surface area contributed by atoms with Crippen molar-refractivity contribution in [1.82, 2.24) is 14.9 Å². The smallest absolute Gasteiger partial charge is 0.0945 e. The molecule has 1 aromatic rings. The second kappa shape index (κ2) is 5.67. The summed E-state index contributed by atoms with van der Waals surface area (Å²) in [4.78, 5) is 4.05. The van der Waals surface area contributed by atoms with Crippen LogP contribution in [0.25, 0.3) is 0 Å². The van der Waals surface area contributed by atoms with Crippen LogP contribution in [0.5, 0.6) is 0 Å². The maximum Gasteiger partial charge on any atom is 0.0945 e. The van der Waals surface area contributed by atoms with Crippen molar-refractivity contribution in [1.29, 1.82) is 0 Å². The maximum absolute atomic E-state index is 4.05. The summed E-state index contributed by atoms with van der Waals surface area (Å²) in [5, 5.41) is 3.69. The van der Waals surface area contributed by atoms with Crippen molar-refractivity contribution < 1.29 is 0 Å². The summed E-state index contributed by atoms with van der Waals surface area (Å²) < 4.78 is 2.14. The zero-order valence-corrected chi connectivity index (χ0v) is 11.2. The third-order valence-corrected chi connectivity index (χ3v) is 3.92. The van der Waals surface area contributed by atoms with E-state index in [4.69, 9.17) is 0 Å². The first-order chi connectivity index (χ1) is 8.16. The lowest BCUT2D eigenvalue weighted by Crippen LogP contribution is -2.36. The Bertz CT molecular complexity index is 306. The number of imidazole rings is 1. The second-order valence-electron chi connectivity index (χ2n) is 6.05. The molecule has 0 radical (unpaired) electrons. The normalized spacial score (nSPS) is 20.6. The summed E-state index contributed by atoms with van der Waals surface area (Å²) in [6, 6.07) is 0.755. The van der Waals surface area contributed by atoms with Crippen molar-refractivity contribution in [3.05, 3.63) is 18.7 Å². The van der Waals surface area contributed by atoms with Crippen LogP contribution in [0.2, 0.25) is 0 Å². The molecule has 0 bridgehead atoms. The Hall–Kier alpha value is -0.830. The third-order valence-electron chi connectivity index (χ3n) is 3.92. The molecule has 0 saturated heterocycles. The zero-order chi connectivity index (χ0) is 12.1. The molecule has 1 saturated carbocycles. The molecule has 1 aromatic heterocycles. The van der Waals surface area contributed by atoms with Crippen LogP contribution in [0.1, 0.15) is 46.0 Å². The third kappa shape index (κ3) is 4.15. The molecule has 1 aliphatic carbocycles. The van der Waals surface area contributed by atoms with Gasteiger partial charge in [-0.3, -0.25) is 0 Å². The summed E-state index contributed by atoms with van der Waals surface area (Å²) in [6.07, 6.45) is 12.4. The lowest BCUT2D eigenvalue weighted by molar-refractivity contribution is 0.206. The van der Waals surface area contributed by atoms with Crippen molar-refractivity contribution in [2.45, 2.75) is 58.5 Å². The van der Waals surface area contributed by atoms with Crippen molar-refractivity contribution in [2.24, 2.45) is 5.41 Å². The monoisotopic (exact) mass is 235 g/mol. The molecule has 2 rings (SSSR count). The molecule has 0 unspecified atom stereocenters. The Morgan fingerprint density at radius 2 is 2.12 bits per heavy atom. The van der Waals surface area contributed by atoms with E-state index in [1.165, 1.54) is 32.1 Å². The Kier molecular flexibility index (Phi) is 4.21. The van der Waals surface area contributed by atoms with Crippen molar-refractivity contribution >= 4 is 0 Å². The van der Waals surface area contributed by atoms with Crippen LogP contribution >= 0.6 is 0 Å². The van der Waals surface area contributed by atoms with Crippen molar-refractivity contribution in [3.63, 3.8) is 0 Å². The highest BCUT2D eigenvalue weighted by Gasteiger charge is 2.26. The highest BCUT2D eigenvalue weighted by Crippen LogP contribution is 2.34. The first-order valence-electron chi connectivity index (χ1n) is 6.85. The van der Waals surface area contributed by atoms with E-state index in [2.05, 4.69) is 28.7 Å². The second-order valence-corrected chi connectivity index (χ2v) is 6.05. The van der Waals surface area contributed by atoms with E-state index in [1.807, 2.05) is 18.7 Å². The van der Waals surface area contributed by atoms with Crippen LogP contribution in [0.15, 0.2) is 18.7 Å². The van der Waals surface area contributed by atoms with Gasteiger partial charge >= 0.3 is 0 Å². The number of rotatable bonds is 5. The number of aryl methyl sites for hydroxylation is 1.